The van der Waals surface area contributed by atoms with Crippen molar-refractivity contribution in [1.29, 1.82) is 0 Å². The maximum absolute atomic E-state index is 3.89. The molecule has 3 aromatic heterocycles. The summed E-state index contributed by atoms with van der Waals surface area (Å²) < 4.78 is 4.61. The maximum atomic E-state index is 3.89. The van der Waals surface area contributed by atoms with Gasteiger partial charge in [-0.2, -0.15) is 13.4 Å². The van der Waals surface area contributed by atoms with Gasteiger partial charge in [0, 0.05) is 0 Å². The van der Waals surface area contributed by atoms with Crippen LogP contribution >= 0.6 is 8.37 Å². The zero-order chi connectivity index (χ0) is 10.8. The fourth-order valence-corrected chi connectivity index (χ4v) is 2.41. The van der Waals surface area contributed by atoms with E-state index in [-0.39, 0.29) is 0 Å². The summed E-state index contributed by atoms with van der Waals surface area (Å²) in [6, 6.07) is 0. The Morgan fingerprint density at radius 3 is 1.88 bits per heavy atom. The van der Waals surface area contributed by atoms with Crippen LogP contribution < -0.4 is 0 Å². The second kappa shape index (κ2) is 3.70. The van der Waals surface area contributed by atoms with Gasteiger partial charge in [0.1, 0.15) is 12.7 Å². The molecule has 0 amide bonds. The van der Waals surface area contributed by atoms with Crippen LogP contribution in [0, 0.1) is 0 Å². The molecule has 0 N–H and O–H groups in total. The van der Waals surface area contributed by atoms with Gasteiger partial charge in [-0.15, -0.1) is 15.3 Å². The van der Waals surface area contributed by atoms with Crippen LogP contribution in [0.15, 0.2) is 25.0 Å². The SMILES string of the molecule is c1cn(P(n2cnnn2)n2cnnn2)nn1. The van der Waals surface area contributed by atoms with Gasteiger partial charge >= 0.3 is 0 Å². The highest BCUT2D eigenvalue weighted by Crippen LogP contribution is 2.36. The van der Waals surface area contributed by atoms with E-state index in [1.807, 2.05) is 0 Å². The lowest BCUT2D eigenvalue weighted by Gasteiger charge is -2.12. The average molecular weight is 237 g/mol. The van der Waals surface area contributed by atoms with E-state index in [1.165, 1.54) is 21.6 Å². The first-order valence-corrected chi connectivity index (χ1v) is 5.28. The molecule has 3 rings (SSSR count). The molecule has 0 fully saturated rings. The molecular formula is C4H4N11P. The summed E-state index contributed by atoms with van der Waals surface area (Å²) in [5, 5.41) is 29.5. The molecule has 0 atom stereocenters. The van der Waals surface area contributed by atoms with Crippen molar-refractivity contribution in [1.82, 2.24) is 54.7 Å². The van der Waals surface area contributed by atoms with Crippen molar-refractivity contribution in [3.05, 3.63) is 25.0 Å². The number of aromatic nitrogens is 11. The molecule has 0 saturated carbocycles. The Bertz CT molecular complexity index is 443. The fraction of sp³-hybridized carbons (Fsp3) is 0. The van der Waals surface area contributed by atoms with Gasteiger partial charge in [-0.05, 0) is 20.9 Å². The van der Waals surface area contributed by atoms with E-state index in [4.69, 9.17) is 0 Å². The number of hydrogen-bond acceptors (Lipinski definition) is 8. The van der Waals surface area contributed by atoms with Gasteiger partial charge in [0.15, 0.2) is 0 Å². The topological polar surface area (TPSA) is 118 Å². The second-order valence-corrected chi connectivity index (χ2v) is 4.32. The van der Waals surface area contributed by atoms with Crippen molar-refractivity contribution in [2.45, 2.75) is 0 Å². The van der Waals surface area contributed by atoms with Crippen LogP contribution in [0.3, 0.4) is 0 Å². The molecule has 16 heavy (non-hydrogen) atoms. The van der Waals surface area contributed by atoms with Gasteiger partial charge in [0.25, 0.3) is 8.37 Å². The highest BCUT2D eigenvalue weighted by atomic mass is 31.1. The van der Waals surface area contributed by atoms with Gasteiger partial charge < -0.3 is 0 Å². The first kappa shape index (κ1) is 8.97. The Hall–Kier alpha value is -2.29. The van der Waals surface area contributed by atoms with Gasteiger partial charge in [0.2, 0.25) is 0 Å². The van der Waals surface area contributed by atoms with Crippen LogP contribution in [-0.4, -0.2) is 54.7 Å². The minimum Gasteiger partial charge on any atom is -0.189 e. The summed E-state index contributed by atoms with van der Waals surface area (Å²) in [5.41, 5.74) is 0. The summed E-state index contributed by atoms with van der Waals surface area (Å²) in [6.45, 7) is 0. The third kappa shape index (κ3) is 1.42. The molecule has 3 heterocycles. The Balaban J connectivity index is 2.09. The molecule has 0 aliphatic heterocycles. The lowest BCUT2D eigenvalue weighted by Crippen LogP contribution is -2.11. The predicted molar refractivity (Wildman–Crippen MR) is 48.8 cm³/mol. The van der Waals surface area contributed by atoms with Crippen LogP contribution in [0.25, 0.3) is 0 Å². The summed E-state index contributed by atoms with van der Waals surface area (Å²) in [4.78, 5) is 0. The van der Waals surface area contributed by atoms with E-state index < -0.39 is 8.37 Å². The molecule has 0 bridgehead atoms. The van der Waals surface area contributed by atoms with Crippen molar-refractivity contribution >= 4 is 8.37 Å². The molecule has 0 saturated heterocycles. The summed E-state index contributed by atoms with van der Waals surface area (Å²) in [6.07, 6.45) is 6.18. The Kier molecular flexibility index (Phi) is 2.07. The Labute approximate surface area is 89.0 Å². The molecule has 0 aromatic carbocycles. The summed E-state index contributed by atoms with van der Waals surface area (Å²) in [7, 11) is -1.23. The largest absolute Gasteiger partial charge is 0.279 e. The quantitative estimate of drug-likeness (QED) is 0.501. The van der Waals surface area contributed by atoms with E-state index in [2.05, 4.69) is 41.4 Å². The van der Waals surface area contributed by atoms with E-state index >= 15 is 0 Å². The van der Waals surface area contributed by atoms with Crippen molar-refractivity contribution in [2.75, 3.05) is 0 Å². The number of nitrogens with zero attached hydrogens (tertiary/aromatic N) is 11. The molecule has 0 aliphatic carbocycles. The smallest absolute Gasteiger partial charge is 0.189 e. The first-order valence-electron chi connectivity index (χ1n) is 4.08. The lowest BCUT2D eigenvalue weighted by atomic mass is 11.0. The standard InChI is InChI=1S/C4H4N11P/c1-2-13(10-5-1)16(14-3-6-8-11-14)15-4-7-9-12-15/h1-4H. The van der Waals surface area contributed by atoms with Gasteiger partial charge in [-0.1, -0.05) is 5.21 Å². The van der Waals surface area contributed by atoms with Crippen molar-refractivity contribution in [3.63, 3.8) is 0 Å². The molecule has 3 aromatic rings. The maximum Gasteiger partial charge on any atom is 0.279 e. The molecular weight excluding hydrogens is 233 g/mol. The van der Waals surface area contributed by atoms with Gasteiger partial charge in [-0.25, -0.2) is 0 Å². The molecule has 11 nitrogen and oxygen atoms in total. The molecule has 80 valence electrons. The van der Waals surface area contributed by atoms with Crippen LogP contribution in [0.2, 0.25) is 0 Å². The van der Waals surface area contributed by atoms with Crippen molar-refractivity contribution < 1.29 is 0 Å². The molecule has 0 aliphatic rings. The molecule has 0 spiro atoms. The number of hydrogen-bond donors (Lipinski definition) is 0. The minimum atomic E-state index is -1.23. The third-order valence-corrected chi connectivity index (χ3v) is 3.32. The van der Waals surface area contributed by atoms with Crippen molar-refractivity contribution in [3.8, 4) is 0 Å². The molecule has 0 unspecified atom stereocenters. The monoisotopic (exact) mass is 237 g/mol. The van der Waals surface area contributed by atoms with E-state index in [1.54, 1.807) is 16.8 Å². The zero-order valence-corrected chi connectivity index (χ0v) is 8.57. The normalized spacial score (nSPS) is 11.1. The lowest BCUT2D eigenvalue weighted by molar-refractivity contribution is 0.758. The van der Waals surface area contributed by atoms with Gasteiger partial charge in [0.05, 0.1) is 12.4 Å². The summed E-state index contributed by atoms with van der Waals surface area (Å²) in [5.74, 6) is 0. The van der Waals surface area contributed by atoms with E-state index in [9.17, 15) is 0 Å². The first-order chi connectivity index (χ1) is 7.95. The number of tetrazole rings is 2. The summed E-state index contributed by atoms with van der Waals surface area (Å²) >= 11 is 0. The van der Waals surface area contributed by atoms with Gasteiger partial charge in [-0.3, -0.25) is 0 Å². The van der Waals surface area contributed by atoms with Crippen molar-refractivity contribution in [2.24, 2.45) is 0 Å². The molecule has 0 radical (unpaired) electrons. The third-order valence-electron chi connectivity index (χ3n) is 1.64. The fourth-order valence-electron chi connectivity index (χ4n) is 1.06. The van der Waals surface area contributed by atoms with E-state index in [0.717, 1.165) is 0 Å². The van der Waals surface area contributed by atoms with Crippen LogP contribution in [-0.2, 0) is 0 Å². The minimum absolute atomic E-state index is 1.23. The zero-order valence-electron chi connectivity index (χ0n) is 7.68. The second-order valence-electron chi connectivity index (χ2n) is 2.55. The van der Waals surface area contributed by atoms with Crippen LogP contribution in [0.1, 0.15) is 0 Å². The highest BCUT2D eigenvalue weighted by Gasteiger charge is 2.20. The van der Waals surface area contributed by atoms with Crippen LogP contribution in [0.5, 0.6) is 0 Å². The van der Waals surface area contributed by atoms with Crippen LogP contribution in [0.4, 0.5) is 0 Å². The number of rotatable bonds is 3. The molecule has 12 heteroatoms. The Morgan fingerprint density at radius 1 is 0.750 bits per heavy atom. The Morgan fingerprint density at radius 2 is 1.44 bits per heavy atom. The highest BCUT2D eigenvalue weighted by molar-refractivity contribution is 7.52. The predicted octanol–water partition coefficient (Wildman–Crippen LogP) is -1.58. The van der Waals surface area contributed by atoms with E-state index in [0.29, 0.717) is 0 Å². The average Bonchev–Trinajstić information content (AvgIpc) is 3.02.